The molecule has 2 aromatic rings. The molecule has 0 saturated carbocycles. The number of carbonyl (C=O) groups is 2. The van der Waals surface area contributed by atoms with Gasteiger partial charge in [-0.3, -0.25) is 4.79 Å². The molecule has 28 heavy (non-hydrogen) atoms. The molecule has 9 heteroatoms. The van der Waals surface area contributed by atoms with Crippen LogP contribution < -0.4 is 10.1 Å². The molecule has 0 aliphatic carbocycles. The average molecular weight is 396 g/mol. The summed E-state index contributed by atoms with van der Waals surface area (Å²) in [6, 6.07) is 12.4. The van der Waals surface area contributed by atoms with Crippen molar-refractivity contribution in [1.29, 1.82) is 0 Å². The number of benzene rings is 2. The van der Waals surface area contributed by atoms with Crippen molar-refractivity contribution in [3.8, 4) is 5.75 Å². The molecule has 0 spiro atoms. The first-order valence-electron chi connectivity index (χ1n) is 8.70. The van der Waals surface area contributed by atoms with E-state index in [-0.39, 0.29) is 13.2 Å². The summed E-state index contributed by atoms with van der Waals surface area (Å²) in [7, 11) is 0. The van der Waals surface area contributed by atoms with E-state index in [1.807, 2.05) is 36.4 Å². The number of alkyl halides is 3. The summed E-state index contributed by atoms with van der Waals surface area (Å²) in [5, 5.41) is 13.4. The first-order valence-corrected chi connectivity index (χ1v) is 8.70. The smallest absolute Gasteiger partial charge is 0.394 e. The van der Waals surface area contributed by atoms with Crippen LogP contribution in [-0.2, 0) is 4.79 Å². The predicted molar refractivity (Wildman–Crippen MR) is 95.1 cm³/mol. The normalized spacial score (nSPS) is 19.6. The molecule has 0 unspecified atom stereocenters. The number of nitrogens with zero attached hydrogens (tertiary/aromatic N) is 1. The van der Waals surface area contributed by atoms with E-state index in [0.717, 1.165) is 15.7 Å². The summed E-state index contributed by atoms with van der Waals surface area (Å²) in [6.07, 6.45) is -4.67. The Labute approximate surface area is 158 Å². The van der Waals surface area contributed by atoms with Crippen LogP contribution in [0.5, 0.6) is 5.75 Å². The Hall–Kier alpha value is -2.97. The van der Waals surface area contributed by atoms with Gasteiger partial charge in [0.05, 0.1) is 18.4 Å². The van der Waals surface area contributed by atoms with Gasteiger partial charge in [-0.1, -0.05) is 36.4 Å². The van der Waals surface area contributed by atoms with Crippen LogP contribution in [0.1, 0.15) is 0 Å². The van der Waals surface area contributed by atoms with Crippen molar-refractivity contribution in [2.24, 2.45) is 11.8 Å². The molecule has 1 aliphatic rings. The van der Waals surface area contributed by atoms with Crippen molar-refractivity contribution < 1.29 is 32.6 Å². The van der Waals surface area contributed by atoms with Crippen molar-refractivity contribution >= 4 is 22.8 Å². The van der Waals surface area contributed by atoms with E-state index < -0.39 is 43.1 Å². The van der Waals surface area contributed by atoms with E-state index in [4.69, 9.17) is 9.84 Å². The fourth-order valence-electron chi connectivity index (χ4n) is 3.30. The molecule has 2 amide bonds. The van der Waals surface area contributed by atoms with Gasteiger partial charge in [-0.2, -0.15) is 13.2 Å². The third-order valence-corrected chi connectivity index (χ3v) is 4.73. The third-order valence-electron chi connectivity index (χ3n) is 4.73. The Morgan fingerprint density at radius 2 is 1.86 bits per heavy atom. The van der Waals surface area contributed by atoms with Crippen molar-refractivity contribution in [1.82, 2.24) is 10.2 Å². The van der Waals surface area contributed by atoms with Gasteiger partial charge in [0.15, 0.2) is 0 Å². The van der Waals surface area contributed by atoms with Gasteiger partial charge in [0.25, 0.3) is 0 Å². The van der Waals surface area contributed by atoms with Crippen molar-refractivity contribution in [3.63, 3.8) is 0 Å². The molecule has 1 heterocycles. The van der Waals surface area contributed by atoms with Crippen LogP contribution in [0.25, 0.3) is 10.8 Å². The number of ether oxygens (including phenoxy) is 1. The third kappa shape index (κ3) is 4.29. The number of amides is 2. The summed E-state index contributed by atoms with van der Waals surface area (Å²) in [6.45, 7) is -0.947. The zero-order chi connectivity index (χ0) is 20.3. The quantitative estimate of drug-likeness (QED) is 0.762. The lowest BCUT2D eigenvalue weighted by molar-refractivity contribution is -0.187. The Morgan fingerprint density at radius 1 is 1.14 bits per heavy atom. The van der Waals surface area contributed by atoms with Crippen LogP contribution in [0.15, 0.2) is 42.5 Å². The van der Waals surface area contributed by atoms with Crippen LogP contribution >= 0.6 is 0 Å². The number of fused-ring (bicyclic) bond motifs is 1. The molecule has 1 fully saturated rings. The predicted octanol–water partition coefficient (Wildman–Crippen LogP) is 3.12. The van der Waals surface area contributed by atoms with E-state index in [1.165, 1.54) is 0 Å². The Kier molecular flexibility index (Phi) is 5.62. The molecule has 0 aromatic heterocycles. The monoisotopic (exact) mass is 396 g/mol. The van der Waals surface area contributed by atoms with Gasteiger partial charge < -0.3 is 20.1 Å². The number of carboxylic acids is 1. The summed E-state index contributed by atoms with van der Waals surface area (Å²) in [5.74, 6) is -4.64. The minimum Gasteiger partial charge on any atom is -0.491 e. The van der Waals surface area contributed by atoms with Crippen LogP contribution in [0.3, 0.4) is 0 Å². The molecule has 1 saturated heterocycles. The van der Waals surface area contributed by atoms with Gasteiger partial charge in [0, 0.05) is 18.5 Å². The molecule has 150 valence electrons. The minimum atomic E-state index is -4.67. The average Bonchev–Trinajstić information content (AvgIpc) is 3.11. The molecule has 0 bridgehead atoms. The van der Waals surface area contributed by atoms with E-state index >= 15 is 0 Å². The number of carbonyl (C=O) groups excluding carboxylic acids is 1. The maximum Gasteiger partial charge on any atom is 0.394 e. The van der Waals surface area contributed by atoms with Crippen LogP contribution in [0, 0.1) is 11.8 Å². The lowest BCUT2D eigenvalue weighted by Crippen LogP contribution is -2.41. The highest BCUT2D eigenvalue weighted by atomic mass is 19.4. The SMILES string of the molecule is O=C(O)[C@@H]1CN(C(=O)NCCOc2cccc3ccccc23)C[C@H]1C(F)(F)F. The molecule has 2 N–H and O–H groups in total. The van der Waals surface area contributed by atoms with E-state index in [2.05, 4.69) is 5.32 Å². The van der Waals surface area contributed by atoms with Gasteiger partial charge in [0.2, 0.25) is 0 Å². The van der Waals surface area contributed by atoms with Gasteiger partial charge in [-0.25, -0.2) is 4.79 Å². The van der Waals surface area contributed by atoms with E-state index in [1.54, 1.807) is 6.07 Å². The molecular formula is C19H19F3N2O4. The molecule has 0 radical (unpaired) electrons. The highest BCUT2D eigenvalue weighted by molar-refractivity contribution is 5.88. The summed E-state index contributed by atoms with van der Waals surface area (Å²) >= 11 is 0. The van der Waals surface area contributed by atoms with Gasteiger partial charge in [0.1, 0.15) is 12.4 Å². The first kappa shape index (κ1) is 19.8. The maximum absolute atomic E-state index is 13.0. The molecule has 6 nitrogen and oxygen atoms in total. The largest absolute Gasteiger partial charge is 0.491 e. The topological polar surface area (TPSA) is 78.9 Å². The van der Waals surface area contributed by atoms with Crippen molar-refractivity contribution in [2.45, 2.75) is 6.18 Å². The number of aliphatic carboxylic acids is 1. The number of halogens is 3. The maximum atomic E-state index is 13.0. The van der Waals surface area contributed by atoms with Crippen LogP contribution in [-0.4, -0.2) is 54.4 Å². The summed E-state index contributed by atoms with van der Waals surface area (Å²) < 4.78 is 44.6. The zero-order valence-corrected chi connectivity index (χ0v) is 14.8. The number of hydrogen-bond acceptors (Lipinski definition) is 3. The summed E-state index contributed by atoms with van der Waals surface area (Å²) in [5.41, 5.74) is 0. The lowest BCUT2D eigenvalue weighted by Gasteiger charge is -2.19. The number of hydrogen-bond donors (Lipinski definition) is 2. The number of nitrogens with one attached hydrogen (secondary N) is 1. The number of urea groups is 1. The van der Waals surface area contributed by atoms with Crippen molar-refractivity contribution in [3.05, 3.63) is 42.5 Å². The molecule has 2 aromatic carbocycles. The van der Waals surface area contributed by atoms with Gasteiger partial charge in [-0.15, -0.1) is 0 Å². The lowest BCUT2D eigenvalue weighted by atomic mass is 9.96. The molecule has 3 rings (SSSR count). The molecular weight excluding hydrogens is 377 g/mol. The van der Waals surface area contributed by atoms with E-state index in [9.17, 15) is 22.8 Å². The Balaban J connectivity index is 1.52. The second-order valence-corrected chi connectivity index (χ2v) is 6.56. The van der Waals surface area contributed by atoms with Gasteiger partial charge in [-0.05, 0) is 11.5 Å². The number of likely N-dealkylation sites (tertiary alicyclic amines) is 1. The number of carboxylic acid groups (broad SMARTS) is 1. The van der Waals surface area contributed by atoms with E-state index in [0.29, 0.717) is 5.75 Å². The molecule has 1 aliphatic heterocycles. The minimum absolute atomic E-state index is 0.0764. The fraction of sp³-hybridized carbons (Fsp3) is 0.368. The standard InChI is InChI=1S/C19H19F3N2O4/c20-19(21,22)15-11-24(10-14(15)17(25)26)18(27)23-8-9-28-16-7-3-5-12-4-1-2-6-13(12)16/h1-7,14-15H,8-11H2,(H,23,27)(H,25,26)/t14-,15-/m1/s1. The second-order valence-electron chi connectivity index (χ2n) is 6.56. The number of rotatable bonds is 5. The summed E-state index contributed by atoms with van der Waals surface area (Å²) in [4.78, 5) is 24.1. The highest BCUT2D eigenvalue weighted by Crippen LogP contribution is 2.37. The van der Waals surface area contributed by atoms with Crippen molar-refractivity contribution in [2.75, 3.05) is 26.2 Å². The second kappa shape index (κ2) is 7.95. The molecule has 2 atom stereocenters. The van der Waals surface area contributed by atoms with Crippen LogP contribution in [0.2, 0.25) is 0 Å². The fourth-order valence-corrected chi connectivity index (χ4v) is 3.30. The first-order chi connectivity index (χ1) is 13.3. The highest BCUT2D eigenvalue weighted by Gasteiger charge is 2.53. The zero-order valence-electron chi connectivity index (χ0n) is 14.8. The van der Waals surface area contributed by atoms with Gasteiger partial charge >= 0.3 is 18.2 Å². The van der Waals surface area contributed by atoms with Crippen LogP contribution in [0.4, 0.5) is 18.0 Å². The Morgan fingerprint density at radius 3 is 2.54 bits per heavy atom. The Bertz CT molecular complexity index is 866.